The quantitative estimate of drug-likeness (QED) is 0.621. The molecule has 0 aromatic carbocycles. The molecule has 5 nitrogen and oxygen atoms in total. The van der Waals surface area contributed by atoms with E-state index in [1.165, 1.54) is 0 Å². The van der Waals surface area contributed by atoms with Crippen molar-refractivity contribution in [2.75, 3.05) is 13.6 Å². The zero-order valence-electron chi connectivity index (χ0n) is 11.3. The topological polar surface area (TPSA) is 84.2 Å². The second-order valence-electron chi connectivity index (χ2n) is 4.91. The molecule has 6 heteroatoms. The average Bonchev–Trinajstić information content (AvgIpc) is 3.16. The molecule has 1 rings (SSSR count). The number of carbonyl (C=O) groups is 2. The third-order valence-electron chi connectivity index (χ3n) is 3.86. The van der Waals surface area contributed by atoms with Gasteiger partial charge in [0.25, 0.3) is 0 Å². The number of hydrogen-bond donors (Lipinski definition) is 3. The maximum absolute atomic E-state index is 12.0. The van der Waals surface area contributed by atoms with Gasteiger partial charge >= 0.3 is 0 Å². The molecule has 2 amide bonds. The van der Waals surface area contributed by atoms with Crippen LogP contribution in [0.2, 0.25) is 0 Å². The van der Waals surface area contributed by atoms with Crippen molar-refractivity contribution in [2.24, 2.45) is 11.1 Å². The summed E-state index contributed by atoms with van der Waals surface area (Å²) in [7, 11) is 1.56. The highest BCUT2D eigenvalue weighted by atomic mass is 35.5. The van der Waals surface area contributed by atoms with Gasteiger partial charge in [0, 0.05) is 19.1 Å². The Labute approximate surface area is 115 Å². The van der Waals surface area contributed by atoms with E-state index in [0.29, 0.717) is 19.4 Å². The van der Waals surface area contributed by atoms with E-state index < -0.39 is 5.41 Å². The zero-order valence-corrected chi connectivity index (χ0v) is 12.2. The predicted octanol–water partition coefficient (Wildman–Crippen LogP) is 0.568. The molecule has 0 heterocycles. The summed E-state index contributed by atoms with van der Waals surface area (Å²) in [5.74, 6) is -0.376. The normalized spacial score (nSPS) is 16.4. The lowest BCUT2D eigenvalue weighted by Gasteiger charge is -2.27. The molecule has 0 saturated heterocycles. The molecule has 0 aromatic rings. The maximum Gasteiger partial charge on any atom is 0.235 e. The van der Waals surface area contributed by atoms with Crippen LogP contribution in [0.5, 0.6) is 0 Å². The Kier molecular flexibility index (Phi) is 6.10. The fourth-order valence-corrected chi connectivity index (χ4v) is 1.85. The Hall–Kier alpha value is -0.810. The Morgan fingerprint density at radius 2 is 1.72 bits per heavy atom. The van der Waals surface area contributed by atoms with Gasteiger partial charge in [0.1, 0.15) is 5.41 Å². The van der Waals surface area contributed by atoms with E-state index in [1.54, 1.807) is 7.05 Å². The molecule has 0 unspecified atom stereocenters. The molecule has 1 aliphatic rings. The van der Waals surface area contributed by atoms with Crippen LogP contribution in [0, 0.1) is 5.41 Å². The van der Waals surface area contributed by atoms with Crippen LogP contribution >= 0.6 is 12.4 Å². The summed E-state index contributed by atoms with van der Waals surface area (Å²) in [5, 5.41) is 5.36. The summed E-state index contributed by atoms with van der Waals surface area (Å²) in [5.41, 5.74) is 4.91. The van der Waals surface area contributed by atoms with Crippen molar-refractivity contribution >= 4 is 24.2 Å². The van der Waals surface area contributed by atoms with E-state index in [-0.39, 0.29) is 29.8 Å². The lowest BCUT2D eigenvalue weighted by atomic mass is 9.93. The van der Waals surface area contributed by atoms with E-state index in [0.717, 1.165) is 12.8 Å². The van der Waals surface area contributed by atoms with Crippen LogP contribution in [0.4, 0.5) is 0 Å². The summed E-state index contributed by atoms with van der Waals surface area (Å²) in [4.78, 5) is 23.6. The SMILES string of the molecule is CCC(N)(CC)CNC(=O)C1(C(=O)NC)CC1.Cl. The molecule has 0 atom stereocenters. The van der Waals surface area contributed by atoms with Gasteiger partial charge in [-0.1, -0.05) is 13.8 Å². The third kappa shape index (κ3) is 3.36. The smallest absolute Gasteiger partial charge is 0.235 e. The Bertz CT molecular complexity index is 312. The van der Waals surface area contributed by atoms with Crippen molar-refractivity contribution in [2.45, 2.75) is 45.1 Å². The second kappa shape index (κ2) is 6.38. The lowest BCUT2D eigenvalue weighted by molar-refractivity contribution is -0.137. The highest BCUT2D eigenvalue weighted by molar-refractivity contribution is 6.07. The summed E-state index contributed by atoms with van der Waals surface area (Å²) in [6.45, 7) is 4.43. The van der Waals surface area contributed by atoms with Crippen LogP contribution in [-0.2, 0) is 9.59 Å². The fourth-order valence-electron chi connectivity index (χ4n) is 1.85. The first-order valence-electron chi connectivity index (χ1n) is 6.23. The van der Waals surface area contributed by atoms with E-state index >= 15 is 0 Å². The van der Waals surface area contributed by atoms with Gasteiger partial charge in [-0.05, 0) is 25.7 Å². The number of carbonyl (C=O) groups excluding carboxylic acids is 2. The largest absolute Gasteiger partial charge is 0.358 e. The summed E-state index contributed by atoms with van der Waals surface area (Å²) in [6, 6.07) is 0. The van der Waals surface area contributed by atoms with Gasteiger partial charge in [-0.15, -0.1) is 12.4 Å². The van der Waals surface area contributed by atoms with E-state index in [2.05, 4.69) is 10.6 Å². The second-order valence-corrected chi connectivity index (χ2v) is 4.91. The van der Waals surface area contributed by atoms with Crippen molar-refractivity contribution < 1.29 is 9.59 Å². The van der Waals surface area contributed by atoms with Crippen LogP contribution in [-0.4, -0.2) is 30.9 Å². The first kappa shape index (κ1) is 17.2. The number of rotatable bonds is 6. The molecule has 0 aliphatic heterocycles. The van der Waals surface area contributed by atoms with Crippen molar-refractivity contribution in [3.8, 4) is 0 Å². The van der Waals surface area contributed by atoms with Gasteiger partial charge in [0.05, 0.1) is 0 Å². The summed E-state index contributed by atoms with van der Waals surface area (Å²) >= 11 is 0. The van der Waals surface area contributed by atoms with Gasteiger partial charge in [-0.2, -0.15) is 0 Å². The number of nitrogens with two attached hydrogens (primary N) is 1. The minimum atomic E-state index is -0.822. The Balaban J connectivity index is 0.00000289. The van der Waals surface area contributed by atoms with Crippen LogP contribution in [0.25, 0.3) is 0 Å². The molecular weight excluding hydrogens is 254 g/mol. The van der Waals surface area contributed by atoms with Crippen LogP contribution in [0.3, 0.4) is 0 Å². The standard InChI is InChI=1S/C12H23N3O2.ClH/c1-4-11(13,5-2)8-15-10(17)12(6-7-12)9(16)14-3;/h4-8,13H2,1-3H3,(H,14,16)(H,15,17);1H. The molecule has 4 N–H and O–H groups in total. The van der Waals surface area contributed by atoms with Crippen molar-refractivity contribution in [1.82, 2.24) is 10.6 Å². The molecule has 0 bridgehead atoms. The van der Waals surface area contributed by atoms with Gasteiger partial charge in [-0.25, -0.2) is 0 Å². The molecule has 0 radical (unpaired) electrons. The molecule has 106 valence electrons. The summed E-state index contributed by atoms with van der Waals surface area (Å²) < 4.78 is 0. The molecular formula is C12H24ClN3O2. The number of hydrogen-bond acceptors (Lipinski definition) is 3. The average molecular weight is 278 g/mol. The van der Waals surface area contributed by atoms with Gasteiger partial charge in [-0.3, -0.25) is 9.59 Å². The van der Waals surface area contributed by atoms with Gasteiger partial charge < -0.3 is 16.4 Å². The number of amides is 2. The predicted molar refractivity (Wildman–Crippen MR) is 73.5 cm³/mol. The molecule has 1 saturated carbocycles. The first-order chi connectivity index (χ1) is 7.94. The monoisotopic (exact) mass is 277 g/mol. The van der Waals surface area contributed by atoms with E-state index in [4.69, 9.17) is 5.73 Å². The Morgan fingerprint density at radius 1 is 1.22 bits per heavy atom. The van der Waals surface area contributed by atoms with Crippen LogP contribution < -0.4 is 16.4 Å². The first-order valence-corrected chi connectivity index (χ1v) is 6.23. The molecule has 18 heavy (non-hydrogen) atoms. The van der Waals surface area contributed by atoms with Crippen molar-refractivity contribution in [3.05, 3.63) is 0 Å². The van der Waals surface area contributed by atoms with E-state index in [1.807, 2.05) is 13.8 Å². The third-order valence-corrected chi connectivity index (χ3v) is 3.86. The fraction of sp³-hybridized carbons (Fsp3) is 0.833. The molecule has 0 aromatic heterocycles. The lowest BCUT2D eigenvalue weighted by Crippen LogP contribution is -2.52. The van der Waals surface area contributed by atoms with Crippen molar-refractivity contribution in [3.63, 3.8) is 0 Å². The number of nitrogens with one attached hydrogen (secondary N) is 2. The maximum atomic E-state index is 12.0. The minimum absolute atomic E-state index is 0. The van der Waals surface area contributed by atoms with Crippen LogP contribution in [0.15, 0.2) is 0 Å². The molecule has 1 aliphatic carbocycles. The van der Waals surface area contributed by atoms with Gasteiger partial charge in [0.15, 0.2) is 0 Å². The minimum Gasteiger partial charge on any atom is -0.358 e. The molecule has 1 fully saturated rings. The highest BCUT2D eigenvalue weighted by Gasteiger charge is 2.56. The van der Waals surface area contributed by atoms with Crippen molar-refractivity contribution in [1.29, 1.82) is 0 Å². The number of halogens is 1. The summed E-state index contributed by atoms with van der Waals surface area (Å²) in [6.07, 6.45) is 2.87. The zero-order chi connectivity index (χ0) is 13.1. The van der Waals surface area contributed by atoms with Gasteiger partial charge in [0.2, 0.25) is 11.8 Å². The van der Waals surface area contributed by atoms with Crippen LogP contribution in [0.1, 0.15) is 39.5 Å². The highest BCUT2D eigenvalue weighted by Crippen LogP contribution is 2.46. The Morgan fingerprint density at radius 3 is 2.06 bits per heavy atom. The molecule has 0 spiro atoms. The van der Waals surface area contributed by atoms with E-state index in [9.17, 15) is 9.59 Å².